The molecular weight excluding hydrogens is 254 g/mol. The highest BCUT2D eigenvalue weighted by Crippen LogP contribution is 2.22. The summed E-state index contributed by atoms with van der Waals surface area (Å²) in [6, 6.07) is 0. The van der Waals surface area contributed by atoms with Crippen LogP contribution in [0, 0.1) is 13.8 Å². The van der Waals surface area contributed by atoms with Crippen LogP contribution in [0.2, 0.25) is 0 Å². The number of fused-ring (bicyclic) bond motifs is 1. The molecule has 2 heterocycles. The lowest BCUT2D eigenvalue weighted by Crippen LogP contribution is -2.06. The van der Waals surface area contributed by atoms with Gasteiger partial charge in [-0.1, -0.05) is 6.92 Å². The second-order valence-electron chi connectivity index (χ2n) is 4.98. The molecule has 2 aromatic rings. The van der Waals surface area contributed by atoms with Gasteiger partial charge in [0, 0.05) is 18.7 Å². The number of aromatic nitrogens is 3. The van der Waals surface area contributed by atoms with Crippen molar-refractivity contribution >= 4 is 22.8 Å². The number of hydrogen-bond donors (Lipinski definition) is 0. The number of nitrogens with zero attached hydrogens (tertiary/aromatic N) is 3. The van der Waals surface area contributed by atoms with Gasteiger partial charge in [0.05, 0.1) is 11.7 Å². The van der Waals surface area contributed by atoms with Gasteiger partial charge in [-0.2, -0.15) is 11.8 Å². The molecule has 4 heteroatoms. The topological polar surface area (TPSA) is 30.7 Å². The van der Waals surface area contributed by atoms with E-state index in [0.29, 0.717) is 0 Å². The molecular formula is C15H23N3S. The van der Waals surface area contributed by atoms with Crippen LogP contribution in [0.15, 0.2) is 6.20 Å². The maximum atomic E-state index is 4.78. The summed E-state index contributed by atoms with van der Waals surface area (Å²) < 4.78 is 2.42. The standard InChI is InChI=1S/C15H23N3S/c1-5-7-14-17-13-10-16-12(3)11(2)15(13)18(14)8-6-9-19-4/h10H,5-9H2,1-4H3. The van der Waals surface area contributed by atoms with Crippen molar-refractivity contribution in [2.45, 2.75) is 46.6 Å². The molecule has 2 aromatic heterocycles. The van der Waals surface area contributed by atoms with E-state index in [0.717, 1.165) is 30.6 Å². The SMILES string of the molecule is CCCc1nc2cnc(C)c(C)c2n1CCCSC. The summed E-state index contributed by atoms with van der Waals surface area (Å²) in [6.45, 7) is 7.51. The number of aryl methyl sites for hydroxylation is 4. The van der Waals surface area contributed by atoms with Gasteiger partial charge >= 0.3 is 0 Å². The predicted octanol–water partition coefficient (Wildman–Crippen LogP) is 3.75. The highest BCUT2D eigenvalue weighted by atomic mass is 32.2. The summed E-state index contributed by atoms with van der Waals surface area (Å²) in [6.07, 6.45) is 7.47. The number of pyridine rings is 1. The Bertz CT molecular complexity index is 560. The number of hydrogen-bond acceptors (Lipinski definition) is 3. The van der Waals surface area contributed by atoms with Gasteiger partial charge in [-0.25, -0.2) is 4.98 Å². The Morgan fingerprint density at radius 1 is 1.32 bits per heavy atom. The lowest BCUT2D eigenvalue weighted by Gasteiger charge is -2.10. The molecule has 0 aliphatic carbocycles. The molecule has 3 nitrogen and oxygen atoms in total. The van der Waals surface area contributed by atoms with Crippen LogP contribution in [0.4, 0.5) is 0 Å². The maximum absolute atomic E-state index is 4.78. The van der Waals surface area contributed by atoms with Crippen LogP contribution in [-0.2, 0) is 13.0 Å². The molecule has 0 atom stereocenters. The zero-order valence-electron chi connectivity index (χ0n) is 12.4. The largest absolute Gasteiger partial charge is 0.328 e. The van der Waals surface area contributed by atoms with E-state index in [-0.39, 0.29) is 0 Å². The van der Waals surface area contributed by atoms with Crippen molar-refractivity contribution in [3.63, 3.8) is 0 Å². The molecule has 0 radical (unpaired) electrons. The fourth-order valence-corrected chi connectivity index (χ4v) is 2.87. The van der Waals surface area contributed by atoms with Crippen molar-refractivity contribution in [2.24, 2.45) is 0 Å². The first-order chi connectivity index (χ1) is 9.19. The fraction of sp³-hybridized carbons (Fsp3) is 0.600. The lowest BCUT2D eigenvalue weighted by molar-refractivity contribution is 0.649. The molecule has 2 rings (SSSR count). The quantitative estimate of drug-likeness (QED) is 0.753. The van der Waals surface area contributed by atoms with E-state index >= 15 is 0 Å². The van der Waals surface area contributed by atoms with E-state index in [4.69, 9.17) is 4.98 Å². The van der Waals surface area contributed by atoms with Gasteiger partial charge in [-0.05, 0) is 44.3 Å². The molecule has 0 aromatic carbocycles. The summed E-state index contributed by atoms with van der Waals surface area (Å²) in [7, 11) is 0. The zero-order valence-corrected chi connectivity index (χ0v) is 13.2. The summed E-state index contributed by atoms with van der Waals surface area (Å²) in [5, 5.41) is 0. The van der Waals surface area contributed by atoms with Crippen molar-refractivity contribution in [1.29, 1.82) is 0 Å². The predicted molar refractivity (Wildman–Crippen MR) is 84.0 cm³/mol. The molecule has 19 heavy (non-hydrogen) atoms. The Balaban J connectivity index is 2.47. The molecule has 0 N–H and O–H groups in total. The molecule has 0 saturated carbocycles. The number of imidazole rings is 1. The van der Waals surface area contributed by atoms with Gasteiger partial charge < -0.3 is 4.57 Å². The molecule has 0 unspecified atom stereocenters. The van der Waals surface area contributed by atoms with Crippen molar-refractivity contribution in [1.82, 2.24) is 14.5 Å². The first-order valence-electron chi connectivity index (χ1n) is 6.99. The van der Waals surface area contributed by atoms with E-state index in [9.17, 15) is 0 Å². The second-order valence-corrected chi connectivity index (χ2v) is 5.96. The van der Waals surface area contributed by atoms with Gasteiger partial charge in [-0.15, -0.1) is 0 Å². The van der Waals surface area contributed by atoms with Crippen LogP contribution in [0.1, 0.15) is 36.8 Å². The highest BCUT2D eigenvalue weighted by Gasteiger charge is 2.13. The van der Waals surface area contributed by atoms with Crippen LogP contribution in [0.3, 0.4) is 0 Å². The Morgan fingerprint density at radius 2 is 2.11 bits per heavy atom. The van der Waals surface area contributed by atoms with Gasteiger partial charge in [0.25, 0.3) is 0 Å². The normalized spacial score (nSPS) is 11.4. The molecule has 0 fully saturated rings. The molecule has 0 saturated heterocycles. The van der Waals surface area contributed by atoms with Crippen molar-refractivity contribution in [3.05, 3.63) is 23.3 Å². The van der Waals surface area contributed by atoms with E-state index in [1.807, 2.05) is 18.0 Å². The fourth-order valence-electron chi connectivity index (χ4n) is 2.45. The third kappa shape index (κ3) is 2.94. The molecule has 104 valence electrons. The smallest absolute Gasteiger partial charge is 0.109 e. The van der Waals surface area contributed by atoms with Crippen LogP contribution < -0.4 is 0 Å². The second kappa shape index (κ2) is 6.42. The van der Waals surface area contributed by atoms with E-state index < -0.39 is 0 Å². The van der Waals surface area contributed by atoms with Crippen molar-refractivity contribution in [3.8, 4) is 0 Å². The molecule has 0 aliphatic rings. The van der Waals surface area contributed by atoms with Crippen LogP contribution >= 0.6 is 11.8 Å². The highest BCUT2D eigenvalue weighted by molar-refractivity contribution is 7.98. The van der Waals surface area contributed by atoms with Gasteiger partial charge in [0.15, 0.2) is 0 Å². The van der Waals surface area contributed by atoms with Crippen LogP contribution in [0.25, 0.3) is 11.0 Å². The molecule has 0 aliphatic heterocycles. The maximum Gasteiger partial charge on any atom is 0.109 e. The average Bonchev–Trinajstić information content (AvgIpc) is 2.74. The molecule has 0 spiro atoms. The summed E-state index contributed by atoms with van der Waals surface area (Å²) in [4.78, 5) is 9.21. The lowest BCUT2D eigenvalue weighted by atomic mass is 10.2. The minimum atomic E-state index is 1.05. The third-order valence-corrected chi connectivity index (χ3v) is 4.25. The summed E-state index contributed by atoms with van der Waals surface area (Å²) >= 11 is 1.91. The summed E-state index contributed by atoms with van der Waals surface area (Å²) in [5.41, 5.74) is 4.73. The van der Waals surface area contributed by atoms with E-state index in [1.54, 1.807) is 0 Å². The van der Waals surface area contributed by atoms with Gasteiger partial charge in [0.2, 0.25) is 0 Å². The summed E-state index contributed by atoms with van der Waals surface area (Å²) in [5.74, 6) is 2.42. The molecule has 0 bridgehead atoms. The van der Waals surface area contributed by atoms with E-state index in [1.165, 1.54) is 29.1 Å². The first-order valence-corrected chi connectivity index (χ1v) is 8.38. The van der Waals surface area contributed by atoms with Crippen LogP contribution in [-0.4, -0.2) is 26.5 Å². The third-order valence-electron chi connectivity index (χ3n) is 3.56. The minimum Gasteiger partial charge on any atom is -0.328 e. The van der Waals surface area contributed by atoms with Gasteiger partial charge in [-0.3, -0.25) is 4.98 Å². The Kier molecular flexibility index (Phi) is 4.86. The first kappa shape index (κ1) is 14.4. The Morgan fingerprint density at radius 3 is 2.79 bits per heavy atom. The van der Waals surface area contributed by atoms with E-state index in [2.05, 4.69) is 36.6 Å². The van der Waals surface area contributed by atoms with Crippen molar-refractivity contribution < 1.29 is 0 Å². The van der Waals surface area contributed by atoms with Crippen molar-refractivity contribution in [2.75, 3.05) is 12.0 Å². The van der Waals surface area contributed by atoms with Crippen LogP contribution in [0.5, 0.6) is 0 Å². The number of thioether (sulfide) groups is 1. The zero-order chi connectivity index (χ0) is 13.8. The van der Waals surface area contributed by atoms with Gasteiger partial charge in [0.1, 0.15) is 11.3 Å². The average molecular weight is 277 g/mol. The number of rotatable bonds is 6. The molecule has 0 amide bonds. The Labute approximate surface area is 119 Å². The Hall–Kier alpha value is -1.03. The monoisotopic (exact) mass is 277 g/mol. The minimum absolute atomic E-state index is 1.05.